The lowest BCUT2D eigenvalue weighted by molar-refractivity contribution is -0.385. The van der Waals surface area contributed by atoms with Gasteiger partial charge in [-0.3, -0.25) is 20.2 Å². The van der Waals surface area contributed by atoms with Crippen molar-refractivity contribution < 1.29 is 23.5 Å². The number of rotatable bonds is 8. The van der Waals surface area contributed by atoms with Gasteiger partial charge in [-0.1, -0.05) is 19.9 Å². The Morgan fingerprint density at radius 1 is 1.48 bits per heavy atom. The maximum Gasteiger partial charge on any atom is 0.384 e. The number of nitrogens with one attached hydrogen (secondary N) is 1. The number of nitrogens with zero attached hydrogens (tertiary/aromatic N) is 1. The molecule has 0 aromatic heterocycles. The summed E-state index contributed by atoms with van der Waals surface area (Å²) in [5.41, 5.74) is 5.28. The molecular formula is C11H19N3O6P2S. The van der Waals surface area contributed by atoms with E-state index in [1.54, 1.807) is 13.0 Å². The molecule has 2 atom stereocenters. The first-order valence-electron chi connectivity index (χ1n) is 6.54. The average Bonchev–Trinajstić information content (AvgIpc) is 2.36. The number of hydrogen-bond acceptors (Lipinski definition) is 6. The Hall–Kier alpha value is -0.890. The molecule has 0 aliphatic heterocycles. The maximum atomic E-state index is 12.8. The molecule has 0 fully saturated rings. The van der Waals surface area contributed by atoms with E-state index in [4.69, 9.17) is 10.0 Å². The molecule has 1 aromatic rings. The normalized spacial score (nSPS) is 16.6. The first-order chi connectivity index (χ1) is 10.4. The van der Waals surface area contributed by atoms with Crippen LogP contribution in [0.4, 0.5) is 5.69 Å². The summed E-state index contributed by atoms with van der Waals surface area (Å²) in [5, 5.41) is 13.6. The number of nitro groups is 1. The molecular weight excluding hydrogens is 364 g/mol. The van der Waals surface area contributed by atoms with Crippen molar-refractivity contribution in [2.75, 3.05) is 6.54 Å². The second kappa shape index (κ2) is 7.79. The van der Waals surface area contributed by atoms with Crippen molar-refractivity contribution in [3.8, 4) is 5.75 Å². The third kappa shape index (κ3) is 7.03. The topological polar surface area (TPSA) is 145 Å². The lowest BCUT2D eigenvalue weighted by Crippen LogP contribution is -2.18. The van der Waals surface area contributed by atoms with Crippen molar-refractivity contribution in [2.45, 2.75) is 20.8 Å². The monoisotopic (exact) mass is 383 g/mol. The molecule has 1 aromatic carbocycles. The number of hydrogen-bond donors (Lipinski definition) is 3. The molecule has 0 saturated carbocycles. The number of nitro benzene ring substituents is 1. The van der Waals surface area contributed by atoms with Gasteiger partial charge < -0.3 is 9.42 Å². The molecule has 0 heterocycles. The minimum Gasteiger partial charge on any atom is -0.418 e. The van der Waals surface area contributed by atoms with Gasteiger partial charge in [0.25, 0.3) is 0 Å². The fourth-order valence-corrected chi connectivity index (χ4v) is 8.22. The smallest absolute Gasteiger partial charge is 0.384 e. The molecule has 130 valence electrons. The Labute approximate surface area is 137 Å². The molecule has 12 heteroatoms. The molecule has 9 nitrogen and oxygen atoms in total. The van der Waals surface area contributed by atoms with Crippen LogP contribution in [0.15, 0.2) is 18.2 Å². The minimum atomic E-state index is -4.24. The van der Waals surface area contributed by atoms with Crippen molar-refractivity contribution in [3.05, 3.63) is 33.9 Å². The van der Waals surface area contributed by atoms with Crippen LogP contribution in [0.1, 0.15) is 19.4 Å². The summed E-state index contributed by atoms with van der Waals surface area (Å²) >= 11 is 0.0541. The van der Waals surface area contributed by atoms with Gasteiger partial charge in [0.1, 0.15) is 0 Å². The Kier molecular flexibility index (Phi) is 6.82. The summed E-state index contributed by atoms with van der Waals surface area (Å²) in [7, 11) is 0. The van der Waals surface area contributed by atoms with Crippen LogP contribution in [0, 0.1) is 23.0 Å². The van der Waals surface area contributed by atoms with Gasteiger partial charge in [-0.2, -0.15) is 0 Å². The van der Waals surface area contributed by atoms with Gasteiger partial charge >= 0.3 is 19.1 Å². The minimum absolute atomic E-state index is 0.0541. The van der Waals surface area contributed by atoms with Crippen LogP contribution < -0.4 is 15.1 Å². The van der Waals surface area contributed by atoms with Gasteiger partial charge in [-0.05, 0) is 24.5 Å². The Balaban J connectivity index is 3.17. The van der Waals surface area contributed by atoms with Crippen LogP contribution in [-0.2, 0) is 9.13 Å². The molecule has 0 spiro atoms. The molecule has 0 aliphatic rings. The Morgan fingerprint density at radius 3 is 2.57 bits per heavy atom. The van der Waals surface area contributed by atoms with Gasteiger partial charge in [-0.15, -0.1) is 0 Å². The lowest BCUT2D eigenvalue weighted by Gasteiger charge is -2.21. The van der Waals surface area contributed by atoms with Gasteiger partial charge in [0, 0.05) is 12.6 Å². The van der Waals surface area contributed by atoms with E-state index in [9.17, 15) is 24.1 Å². The summed E-state index contributed by atoms with van der Waals surface area (Å²) in [6.45, 7) is -2.68. The summed E-state index contributed by atoms with van der Waals surface area (Å²) in [6.07, 6.45) is 0. The van der Waals surface area contributed by atoms with Crippen LogP contribution in [0.2, 0.25) is 0 Å². The van der Waals surface area contributed by atoms with Crippen LogP contribution in [0.5, 0.6) is 5.75 Å². The van der Waals surface area contributed by atoms with Gasteiger partial charge in [0.2, 0.25) is 5.75 Å². The molecule has 0 radical (unpaired) electrons. The Bertz CT molecular complexity index is 678. The first kappa shape index (κ1) is 20.2. The lowest BCUT2D eigenvalue weighted by atomic mass is 10.2. The predicted octanol–water partition coefficient (Wildman–Crippen LogP) is 3.43. The first-order valence-corrected chi connectivity index (χ1v) is 11.9. The van der Waals surface area contributed by atoms with Gasteiger partial charge in [0.15, 0.2) is 0 Å². The van der Waals surface area contributed by atoms with E-state index >= 15 is 0 Å². The quantitative estimate of drug-likeness (QED) is 0.349. The molecule has 0 saturated heterocycles. The third-order valence-electron chi connectivity index (χ3n) is 2.45. The van der Waals surface area contributed by atoms with Crippen molar-refractivity contribution in [2.24, 2.45) is 11.4 Å². The van der Waals surface area contributed by atoms with Crippen LogP contribution in [0.3, 0.4) is 0 Å². The zero-order valence-corrected chi connectivity index (χ0v) is 15.4. The van der Waals surface area contributed by atoms with Crippen molar-refractivity contribution in [3.63, 3.8) is 0 Å². The van der Waals surface area contributed by atoms with E-state index < -0.39 is 18.4 Å². The van der Waals surface area contributed by atoms with E-state index in [-0.39, 0.29) is 34.9 Å². The van der Waals surface area contributed by atoms with Crippen molar-refractivity contribution >= 4 is 30.1 Å². The van der Waals surface area contributed by atoms with E-state index in [1.807, 2.05) is 13.8 Å². The second-order valence-electron chi connectivity index (χ2n) is 5.22. The summed E-state index contributed by atoms with van der Waals surface area (Å²) in [5.74, 6) is -0.197. The SMILES string of the molecule is Cc1ccc(OP(=O)(NCC(C)C)SP(N)(=O)O)c([N+](=O)[O-])c1. The van der Waals surface area contributed by atoms with E-state index in [0.29, 0.717) is 5.56 Å². The summed E-state index contributed by atoms with van der Waals surface area (Å²) in [4.78, 5) is 19.7. The molecule has 23 heavy (non-hydrogen) atoms. The molecule has 4 N–H and O–H groups in total. The fraction of sp³-hybridized carbons (Fsp3) is 0.455. The molecule has 2 unspecified atom stereocenters. The zero-order valence-electron chi connectivity index (χ0n) is 12.8. The van der Waals surface area contributed by atoms with E-state index in [1.165, 1.54) is 12.1 Å². The van der Waals surface area contributed by atoms with Gasteiger partial charge in [0.05, 0.1) is 15.9 Å². The van der Waals surface area contributed by atoms with Crippen LogP contribution >= 0.6 is 24.4 Å². The molecule has 0 amide bonds. The average molecular weight is 383 g/mol. The van der Waals surface area contributed by atoms with Crippen molar-refractivity contribution in [1.82, 2.24) is 5.09 Å². The van der Waals surface area contributed by atoms with E-state index in [0.717, 1.165) is 0 Å². The van der Waals surface area contributed by atoms with Crippen LogP contribution in [-0.4, -0.2) is 16.4 Å². The van der Waals surface area contributed by atoms with Crippen molar-refractivity contribution in [1.29, 1.82) is 0 Å². The molecule has 0 bridgehead atoms. The highest BCUT2D eigenvalue weighted by molar-refractivity contribution is 8.85. The largest absolute Gasteiger partial charge is 0.418 e. The molecule has 0 aliphatic carbocycles. The highest BCUT2D eigenvalue weighted by atomic mass is 33.1. The van der Waals surface area contributed by atoms with E-state index in [2.05, 4.69) is 5.09 Å². The predicted molar refractivity (Wildman–Crippen MR) is 90.5 cm³/mol. The number of benzene rings is 1. The number of nitrogens with two attached hydrogens (primary N) is 1. The molecule has 1 rings (SSSR count). The van der Waals surface area contributed by atoms with Gasteiger partial charge in [-0.25, -0.2) is 9.65 Å². The third-order valence-corrected chi connectivity index (χ3v) is 9.90. The maximum absolute atomic E-state index is 12.8. The Morgan fingerprint density at radius 2 is 2.09 bits per heavy atom. The fourth-order valence-electron chi connectivity index (χ4n) is 1.50. The zero-order chi connectivity index (χ0) is 17.8. The highest BCUT2D eigenvalue weighted by Gasteiger charge is 2.36. The highest BCUT2D eigenvalue weighted by Crippen LogP contribution is 2.70. The van der Waals surface area contributed by atoms with Crippen LogP contribution in [0.25, 0.3) is 0 Å². The summed E-state index contributed by atoms with van der Waals surface area (Å²) < 4.78 is 29.4. The summed E-state index contributed by atoms with van der Waals surface area (Å²) in [6, 6.07) is 4.09. The second-order valence-corrected chi connectivity index (χ2v) is 13.0. The number of aryl methyl sites for hydroxylation is 1. The standard InChI is InChI=1S/C11H19N3O6P2S/c1-8(2)7-13-22(19,23-21(12,17)18)20-11-5-4-9(3)6-10(11)14(15)16/h4-6,8H,7H2,1-3H3,(H,13,19)(H3,12,17,18).